The van der Waals surface area contributed by atoms with Crippen molar-refractivity contribution in [1.82, 2.24) is 10.3 Å². The number of hydrogen-bond acceptors (Lipinski definition) is 4. The number of nitrogens with zero attached hydrogens (tertiary/aromatic N) is 1. The molecule has 100 valence electrons. The van der Waals surface area contributed by atoms with Gasteiger partial charge in [-0.25, -0.2) is 4.98 Å². The Morgan fingerprint density at radius 2 is 2.22 bits per heavy atom. The quantitative estimate of drug-likeness (QED) is 0.521. The maximum absolute atomic E-state index is 11.7. The first-order chi connectivity index (χ1) is 8.35. The molecule has 0 bridgehead atoms. The Balaban J connectivity index is 2.57. The van der Waals surface area contributed by atoms with Gasteiger partial charge >= 0.3 is 5.82 Å². The molecular weight excluding hydrogens is 238 g/mol. The number of amides is 1. The van der Waals surface area contributed by atoms with Crippen LogP contribution < -0.4 is 5.32 Å². The smallest absolute Gasteiger partial charge is 0.321 e. The van der Waals surface area contributed by atoms with Crippen LogP contribution in [-0.4, -0.2) is 34.1 Å². The Morgan fingerprint density at radius 3 is 2.72 bits per heavy atom. The molecule has 0 aromatic carbocycles. The lowest BCUT2D eigenvalue weighted by Gasteiger charge is -2.23. The minimum atomic E-state index is -0.591. The van der Waals surface area contributed by atoms with E-state index in [9.17, 15) is 14.9 Å². The number of aromatic nitrogens is 1. The van der Waals surface area contributed by atoms with E-state index in [2.05, 4.69) is 10.3 Å². The average molecular weight is 255 g/mol. The molecule has 0 aliphatic rings. The molecule has 1 heterocycles. The van der Waals surface area contributed by atoms with Gasteiger partial charge in [0, 0.05) is 19.2 Å². The van der Waals surface area contributed by atoms with Crippen LogP contribution in [0.4, 0.5) is 5.82 Å². The van der Waals surface area contributed by atoms with Crippen molar-refractivity contribution in [3.8, 4) is 0 Å². The fraction of sp³-hybridized carbons (Fsp3) is 0.545. The molecule has 0 spiro atoms. The lowest BCUT2D eigenvalue weighted by atomic mass is 9.90. The highest BCUT2D eigenvalue weighted by Crippen LogP contribution is 2.18. The summed E-state index contributed by atoms with van der Waals surface area (Å²) in [6.07, 6.45) is 0.568. The van der Waals surface area contributed by atoms with Gasteiger partial charge in [-0.05, 0) is 22.8 Å². The lowest BCUT2D eigenvalue weighted by Crippen LogP contribution is -2.34. The van der Waals surface area contributed by atoms with Crippen LogP contribution >= 0.6 is 0 Å². The monoisotopic (exact) mass is 255 g/mol. The fourth-order valence-electron chi connectivity index (χ4n) is 1.43. The van der Waals surface area contributed by atoms with Crippen LogP contribution in [0.15, 0.2) is 12.1 Å². The number of H-pyrrole nitrogens is 1. The van der Waals surface area contributed by atoms with Gasteiger partial charge in [0.05, 0.1) is 0 Å². The van der Waals surface area contributed by atoms with E-state index in [-0.39, 0.29) is 23.5 Å². The van der Waals surface area contributed by atoms with Crippen LogP contribution in [0.5, 0.6) is 0 Å². The molecule has 1 aromatic heterocycles. The number of nitrogens with one attached hydrogen (secondary N) is 2. The van der Waals surface area contributed by atoms with E-state index in [1.165, 1.54) is 12.1 Å². The van der Waals surface area contributed by atoms with Crippen molar-refractivity contribution in [2.75, 3.05) is 13.2 Å². The average Bonchev–Trinajstić information content (AvgIpc) is 2.75. The van der Waals surface area contributed by atoms with E-state index in [1.807, 2.05) is 13.8 Å². The Labute approximate surface area is 104 Å². The van der Waals surface area contributed by atoms with E-state index < -0.39 is 10.8 Å². The SMILES string of the molecule is CC(C)(CCO)CNC(=O)c1ccc([N+](=O)[O-])[nH]1. The van der Waals surface area contributed by atoms with Crippen LogP contribution in [0.25, 0.3) is 0 Å². The van der Waals surface area contributed by atoms with Gasteiger partial charge < -0.3 is 20.5 Å². The largest absolute Gasteiger partial charge is 0.396 e. The molecule has 1 amide bonds. The molecule has 0 saturated heterocycles. The first-order valence-electron chi connectivity index (χ1n) is 5.58. The summed E-state index contributed by atoms with van der Waals surface area (Å²) in [5.41, 5.74) is -0.0651. The highest BCUT2D eigenvalue weighted by molar-refractivity contribution is 5.92. The number of aromatic amines is 1. The van der Waals surface area contributed by atoms with Crippen molar-refractivity contribution in [2.45, 2.75) is 20.3 Å². The van der Waals surface area contributed by atoms with Crippen molar-refractivity contribution in [3.05, 3.63) is 27.9 Å². The molecule has 0 radical (unpaired) electrons. The molecule has 18 heavy (non-hydrogen) atoms. The molecule has 0 fully saturated rings. The van der Waals surface area contributed by atoms with Crippen LogP contribution in [0.1, 0.15) is 30.8 Å². The minimum Gasteiger partial charge on any atom is -0.396 e. The zero-order valence-electron chi connectivity index (χ0n) is 10.4. The lowest BCUT2D eigenvalue weighted by molar-refractivity contribution is -0.389. The topological polar surface area (TPSA) is 108 Å². The summed E-state index contributed by atoms with van der Waals surface area (Å²) < 4.78 is 0. The number of carbonyl (C=O) groups excluding carboxylic acids is 1. The number of aliphatic hydroxyl groups excluding tert-OH is 1. The summed E-state index contributed by atoms with van der Waals surface area (Å²) in [5.74, 6) is -0.608. The van der Waals surface area contributed by atoms with Gasteiger partial charge in [0.15, 0.2) is 5.69 Å². The van der Waals surface area contributed by atoms with Crippen molar-refractivity contribution in [3.63, 3.8) is 0 Å². The van der Waals surface area contributed by atoms with E-state index in [0.717, 1.165) is 0 Å². The molecule has 7 nitrogen and oxygen atoms in total. The predicted molar refractivity (Wildman–Crippen MR) is 65.3 cm³/mol. The summed E-state index contributed by atoms with van der Waals surface area (Å²) in [6.45, 7) is 4.28. The van der Waals surface area contributed by atoms with Gasteiger partial charge in [-0.3, -0.25) is 4.79 Å². The van der Waals surface area contributed by atoms with Crippen molar-refractivity contribution in [2.24, 2.45) is 5.41 Å². The molecule has 0 aliphatic carbocycles. The normalized spacial score (nSPS) is 11.3. The van der Waals surface area contributed by atoms with Crippen LogP contribution in [-0.2, 0) is 0 Å². The van der Waals surface area contributed by atoms with Gasteiger partial charge in [0.2, 0.25) is 0 Å². The zero-order chi connectivity index (χ0) is 13.8. The van der Waals surface area contributed by atoms with Gasteiger partial charge in [-0.15, -0.1) is 0 Å². The Kier molecular flexibility index (Phi) is 4.43. The predicted octanol–water partition coefficient (Wildman–Crippen LogP) is 1.06. The van der Waals surface area contributed by atoms with Crippen LogP contribution in [0, 0.1) is 15.5 Å². The van der Waals surface area contributed by atoms with Crippen LogP contribution in [0.2, 0.25) is 0 Å². The molecule has 0 saturated carbocycles. The third-order valence-corrected chi connectivity index (χ3v) is 2.63. The summed E-state index contributed by atoms with van der Waals surface area (Å²) in [4.78, 5) is 24.0. The third-order valence-electron chi connectivity index (χ3n) is 2.63. The second-order valence-corrected chi connectivity index (χ2v) is 4.83. The standard InChI is InChI=1S/C11H17N3O4/c1-11(2,5-6-15)7-12-10(16)8-3-4-9(13-8)14(17)18/h3-4,13,15H,5-7H2,1-2H3,(H,12,16). The highest BCUT2D eigenvalue weighted by Gasteiger charge is 2.20. The summed E-state index contributed by atoms with van der Waals surface area (Å²) in [6, 6.07) is 2.61. The minimum absolute atomic E-state index is 0.0524. The highest BCUT2D eigenvalue weighted by atomic mass is 16.6. The fourth-order valence-corrected chi connectivity index (χ4v) is 1.43. The van der Waals surface area contributed by atoms with Crippen LogP contribution in [0.3, 0.4) is 0 Å². The Bertz CT molecular complexity index is 439. The number of aliphatic hydroxyl groups is 1. The maximum Gasteiger partial charge on any atom is 0.321 e. The second kappa shape index (κ2) is 5.63. The molecule has 0 aliphatic heterocycles. The van der Waals surface area contributed by atoms with E-state index in [1.54, 1.807) is 0 Å². The molecular formula is C11H17N3O4. The molecule has 3 N–H and O–H groups in total. The number of nitro groups is 1. The Hall–Kier alpha value is -1.89. The van der Waals surface area contributed by atoms with Gasteiger partial charge in [0.25, 0.3) is 5.91 Å². The molecule has 1 rings (SSSR count). The van der Waals surface area contributed by atoms with E-state index in [4.69, 9.17) is 5.11 Å². The van der Waals surface area contributed by atoms with Gasteiger partial charge in [-0.1, -0.05) is 13.8 Å². The first-order valence-corrected chi connectivity index (χ1v) is 5.58. The number of carbonyl (C=O) groups is 1. The van der Waals surface area contributed by atoms with Crippen molar-refractivity contribution in [1.29, 1.82) is 0 Å². The van der Waals surface area contributed by atoms with Crippen molar-refractivity contribution < 1.29 is 14.8 Å². The molecule has 0 atom stereocenters. The maximum atomic E-state index is 11.7. The number of rotatable bonds is 6. The molecule has 0 unspecified atom stereocenters. The van der Waals surface area contributed by atoms with Gasteiger partial charge in [0.1, 0.15) is 0 Å². The zero-order valence-corrected chi connectivity index (χ0v) is 10.4. The summed E-state index contributed by atoms with van der Waals surface area (Å²) in [5, 5.41) is 22.0. The Morgan fingerprint density at radius 1 is 1.56 bits per heavy atom. The second-order valence-electron chi connectivity index (χ2n) is 4.83. The summed E-state index contributed by atoms with van der Waals surface area (Å²) in [7, 11) is 0. The van der Waals surface area contributed by atoms with E-state index >= 15 is 0 Å². The molecule has 7 heteroatoms. The third kappa shape index (κ3) is 3.85. The number of hydrogen-bond donors (Lipinski definition) is 3. The van der Waals surface area contributed by atoms with Crippen molar-refractivity contribution >= 4 is 11.7 Å². The van der Waals surface area contributed by atoms with Gasteiger partial charge in [-0.2, -0.15) is 0 Å². The van der Waals surface area contributed by atoms with E-state index in [0.29, 0.717) is 13.0 Å². The first kappa shape index (κ1) is 14.2. The molecule has 1 aromatic rings. The summed E-state index contributed by atoms with van der Waals surface area (Å²) >= 11 is 0.